The maximum absolute atomic E-state index is 12.4. The lowest BCUT2D eigenvalue weighted by atomic mass is 10.1. The Morgan fingerprint density at radius 3 is 2.81 bits per heavy atom. The molecule has 0 bridgehead atoms. The van der Waals surface area contributed by atoms with E-state index in [2.05, 4.69) is 23.1 Å². The molecular formula is C21H25NO4S. The molecule has 0 saturated carbocycles. The molecule has 1 atom stereocenters. The number of rotatable bonds is 6. The average Bonchev–Trinajstić information content (AvgIpc) is 3.28. The molecule has 2 aromatic rings. The molecule has 4 rings (SSSR count). The maximum atomic E-state index is 12.4. The highest BCUT2D eigenvalue weighted by molar-refractivity contribution is 7.86. The van der Waals surface area contributed by atoms with E-state index in [4.69, 9.17) is 8.92 Å². The van der Waals surface area contributed by atoms with Gasteiger partial charge in [0.05, 0.1) is 17.6 Å². The van der Waals surface area contributed by atoms with Crippen LogP contribution >= 0.6 is 0 Å². The SMILES string of the molecule is Cc1ccc(S(=O)(=O)OC2CCN(CCc3ccc4c(c3)CCO4)C2)cc1. The standard InChI is InChI=1S/C21H25NO4S/c1-16-2-5-20(6-3-16)27(23,24)26-19-9-12-22(15-19)11-8-17-4-7-21-18(14-17)10-13-25-21/h2-7,14,19H,8-13,15H2,1H3. The lowest BCUT2D eigenvalue weighted by molar-refractivity contribution is 0.207. The largest absolute Gasteiger partial charge is 0.493 e. The van der Waals surface area contributed by atoms with Gasteiger partial charge < -0.3 is 9.64 Å². The van der Waals surface area contributed by atoms with E-state index < -0.39 is 10.1 Å². The number of ether oxygens (including phenoxy) is 1. The van der Waals surface area contributed by atoms with Crippen molar-refractivity contribution in [3.05, 3.63) is 59.2 Å². The van der Waals surface area contributed by atoms with Crippen LogP contribution in [0.4, 0.5) is 0 Å². The van der Waals surface area contributed by atoms with Crippen molar-refractivity contribution in [2.75, 3.05) is 26.2 Å². The van der Waals surface area contributed by atoms with Crippen molar-refractivity contribution in [3.63, 3.8) is 0 Å². The monoisotopic (exact) mass is 387 g/mol. The van der Waals surface area contributed by atoms with Crippen LogP contribution in [0.2, 0.25) is 0 Å². The van der Waals surface area contributed by atoms with E-state index in [0.717, 1.165) is 50.3 Å². The molecule has 0 amide bonds. The minimum atomic E-state index is -3.70. The van der Waals surface area contributed by atoms with Gasteiger partial charge in [-0.25, -0.2) is 0 Å². The summed E-state index contributed by atoms with van der Waals surface area (Å²) in [4.78, 5) is 2.51. The first kappa shape index (κ1) is 18.5. The molecule has 0 radical (unpaired) electrons. The molecule has 1 fully saturated rings. The summed E-state index contributed by atoms with van der Waals surface area (Å²) in [5, 5.41) is 0. The Labute approximate surface area is 161 Å². The lowest BCUT2D eigenvalue weighted by Crippen LogP contribution is -2.27. The van der Waals surface area contributed by atoms with E-state index in [9.17, 15) is 8.42 Å². The summed E-state index contributed by atoms with van der Waals surface area (Å²) in [5.74, 6) is 1.01. The second kappa shape index (κ2) is 7.62. The van der Waals surface area contributed by atoms with Gasteiger partial charge in [0.15, 0.2) is 0 Å². The third-order valence-electron chi connectivity index (χ3n) is 5.27. The molecule has 0 aliphatic carbocycles. The van der Waals surface area contributed by atoms with Crippen LogP contribution in [0.1, 0.15) is 23.1 Å². The molecule has 2 heterocycles. The highest BCUT2D eigenvalue weighted by atomic mass is 32.2. The smallest absolute Gasteiger partial charge is 0.297 e. The molecule has 5 nitrogen and oxygen atoms in total. The number of fused-ring (bicyclic) bond motifs is 1. The summed E-state index contributed by atoms with van der Waals surface area (Å²) in [6.07, 6.45) is 2.40. The lowest BCUT2D eigenvalue weighted by Gasteiger charge is -2.16. The second-order valence-corrected chi connectivity index (χ2v) is 8.94. The summed E-state index contributed by atoms with van der Waals surface area (Å²) in [6, 6.07) is 13.2. The van der Waals surface area contributed by atoms with E-state index in [-0.39, 0.29) is 11.0 Å². The number of aryl methyl sites for hydroxylation is 1. The Balaban J connectivity index is 1.30. The first-order valence-corrected chi connectivity index (χ1v) is 10.9. The molecule has 6 heteroatoms. The number of nitrogens with zero attached hydrogens (tertiary/aromatic N) is 1. The zero-order valence-corrected chi connectivity index (χ0v) is 16.4. The Kier molecular flexibility index (Phi) is 5.21. The van der Waals surface area contributed by atoms with Gasteiger partial charge in [0.2, 0.25) is 0 Å². The summed E-state index contributed by atoms with van der Waals surface area (Å²) in [6.45, 7) is 5.13. The fourth-order valence-electron chi connectivity index (χ4n) is 3.70. The van der Waals surface area contributed by atoms with Crippen LogP contribution in [0.5, 0.6) is 5.75 Å². The number of likely N-dealkylation sites (tertiary alicyclic amines) is 1. The van der Waals surface area contributed by atoms with E-state index in [0.29, 0.717) is 6.54 Å². The number of hydrogen-bond acceptors (Lipinski definition) is 5. The summed E-state index contributed by atoms with van der Waals surface area (Å²) < 4.78 is 35.9. The minimum Gasteiger partial charge on any atom is -0.493 e. The van der Waals surface area contributed by atoms with Crippen LogP contribution in [0.25, 0.3) is 0 Å². The fraction of sp³-hybridized carbons (Fsp3) is 0.429. The maximum Gasteiger partial charge on any atom is 0.297 e. The fourth-order valence-corrected chi connectivity index (χ4v) is 4.80. The normalized spacial score (nSPS) is 19.8. The van der Waals surface area contributed by atoms with Gasteiger partial charge in [-0.2, -0.15) is 8.42 Å². The van der Waals surface area contributed by atoms with Crippen molar-refractivity contribution in [1.82, 2.24) is 4.90 Å². The molecule has 1 saturated heterocycles. The van der Waals surface area contributed by atoms with Gasteiger partial charge in [0.25, 0.3) is 10.1 Å². The molecule has 2 aromatic carbocycles. The molecule has 0 aromatic heterocycles. The molecule has 144 valence electrons. The molecule has 2 aliphatic rings. The van der Waals surface area contributed by atoms with Crippen molar-refractivity contribution in [2.45, 2.75) is 37.2 Å². The third-order valence-corrected chi connectivity index (χ3v) is 6.65. The molecule has 0 spiro atoms. The van der Waals surface area contributed by atoms with Gasteiger partial charge in [0, 0.05) is 26.1 Å². The summed E-state index contributed by atoms with van der Waals surface area (Å²) in [5.41, 5.74) is 3.62. The average molecular weight is 388 g/mol. The highest BCUT2D eigenvalue weighted by Gasteiger charge is 2.28. The van der Waals surface area contributed by atoms with Crippen molar-refractivity contribution < 1.29 is 17.3 Å². The molecule has 27 heavy (non-hydrogen) atoms. The zero-order valence-electron chi connectivity index (χ0n) is 15.6. The van der Waals surface area contributed by atoms with Crippen LogP contribution in [0.3, 0.4) is 0 Å². The zero-order chi connectivity index (χ0) is 18.9. The molecule has 0 N–H and O–H groups in total. The van der Waals surface area contributed by atoms with Crippen molar-refractivity contribution in [2.24, 2.45) is 0 Å². The predicted octanol–water partition coefficient (Wildman–Crippen LogP) is 2.95. The number of hydrogen-bond donors (Lipinski definition) is 0. The van der Waals surface area contributed by atoms with Crippen LogP contribution in [0.15, 0.2) is 47.4 Å². The van der Waals surface area contributed by atoms with E-state index in [1.807, 2.05) is 6.92 Å². The first-order valence-electron chi connectivity index (χ1n) is 9.46. The minimum absolute atomic E-state index is 0.229. The topological polar surface area (TPSA) is 55.8 Å². The van der Waals surface area contributed by atoms with Gasteiger partial charge in [-0.3, -0.25) is 4.18 Å². The Morgan fingerprint density at radius 1 is 1.19 bits per heavy atom. The molecule has 2 aliphatic heterocycles. The van der Waals surface area contributed by atoms with Gasteiger partial charge in [-0.05, 0) is 49.1 Å². The van der Waals surface area contributed by atoms with Gasteiger partial charge in [-0.15, -0.1) is 0 Å². The van der Waals surface area contributed by atoms with Gasteiger partial charge in [-0.1, -0.05) is 29.8 Å². The van der Waals surface area contributed by atoms with Crippen LogP contribution in [0, 0.1) is 6.92 Å². The Hall–Kier alpha value is -1.89. The summed E-state index contributed by atoms with van der Waals surface area (Å²) >= 11 is 0. The Bertz CT molecular complexity index is 908. The van der Waals surface area contributed by atoms with Crippen LogP contribution in [-0.4, -0.2) is 45.7 Å². The second-order valence-electron chi connectivity index (χ2n) is 7.37. The van der Waals surface area contributed by atoms with Crippen molar-refractivity contribution in [1.29, 1.82) is 0 Å². The molecular weight excluding hydrogens is 362 g/mol. The van der Waals surface area contributed by atoms with Crippen LogP contribution in [-0.2, 0) is 27.1 Å². The van der Waals surface area contributed by atoms with Gasteiger partial charge >= 0.3 is 0 Å². The summed E-state index contributed by atoms with van der Waals surface area (Å²) in [7, 11) is -3.70. The van der Waals surface area contributed by atoms with Crippen LogP contribution < -0.4 is 4.74 Å². The van der Waals surface area contributed by atoms with E-state index in [1.165, 1.54) is 11.1 Å². The van der Waals surface area contributed by atoms with Crippen molar-refractivity contribution >= 4 is 10.1 Å². The first-order chi connectivity index (χ1) is 13.0. The molecule has 1 unspecified atom stereocenters. The quantitative estimate of drug-likeness (QED) is 0.714. The predicted molar refractivity (Wildman–Crippen MR) is 104 cm³/mol. The Morgan fingerprint density at radius 2 is 2.00 bits per heavy atom. The third kappa shape index (κ3) is 4.34. The highest BCUT2D eigenvalue weighted by Crippen LogP contribution is 2.26. The van der Waals surface area contributed by atoms with Gasteiger partial charge in [0.1, 0.15) is 5.75 Å². The van der Waals surface area contributed by atoms with Crippen molar-refractivity contribution in [3.8, 4) is 5.75 Å². The number of benzene rings is 2. The van der Waals surface area contributed by atoms with E-state index in [1.54, 1.807) is 24.3 Å². The van der Waals surface area contributed by atoms with E-state index >= 15 is 0 Å².